The number of nitrogens with zero attached hydrogens (tertiary/aromatic N) is 1. The molecule has 0 radical (unpaired) electrons. The highest BCUT2D eigenvalue weighted by atomic mass is 19.4. The second kappa shape index (κ2) is 6.26. The van der Waals surface area contributed by atoms with Crippen molar-refractivity contribution in [2.75, 3.05) is 20.3 Å². The summed E-state index contributed by atoms with van der Waals surface area (Å²) in [5.74, 6) is -0.559. The van der Waals surface area contributed by atoms with Crippen LogP contribution in [-0.2, 0) is 22.3 Å². The van der Waals surface area contributed by atoms with Crippen LogP contribution in [0.1, 0.15) is 24.0 Å². The topological polar surface area (TPSA) is 55.6 Å². The average Bonchev–Trinajstić information content (AvgIpc) is 2.83. The minimum absolute atomic E-state index is 0.0159. The standard InChI is InChI=1S/C15H19F3N2O2/c1-22-10-14(13(19)21)7-4-8-20(14)9-11-5-2-3-6-12(11)15(16,17)18/h2-3,5-6H,4,7-10H2,1H3,(H2,19,21). The third-order valence-electron chi connectivity index (χ3n) is 4.15. The van der Waals surface area contributed by atoms with Crippen molar-refractivity contribution in [1.82, 2.24) is 4.90 Å². The van der Waals surface area contributed by atoms with Gasteiger partial charge in [0.2, 0.25) is 5.91 Å². The van der Waals surface area contributed by atoms with Gasteiger partial charge in [0.1, 0.15) is 5.54 Å². The van der Waals surface area contributed by atoms with Crippen molar-refractivity contribution >= 4 is 5.91 Å². The van der Waals surface area contributed by atoms with Gasteiger partial charge in [-0.3, -0.25) is 9.69 Å². The zero-order valence-corrected chi connectivity index (χ0v) is 12.3. The first-order valence-electron chi connectivity index (χ1n) is 7.00. The molecule has 0 saturated carbocycles. The molecular weight excluding hydrogens is 297 g/mol. The largest absolute Gasteiger partial charge is 0.416 e. The number of nitrogens with two attached hydrogens (primary N) is 1. The van der Waals surface area contributed by atoms with Crippen molar-refractivity contribution < 1.29 is 22.7 Å². The van der Waals surface area contributed by atoms with Crippen LogP contribution < -0.4 is 5.73 Å². The SMILES string of the molecule is COCC1(C(N)=O)CCCN1Cc1ccccc1C(F)(F)F. The highest BCUT2D eigenvalue weighted by Gasteiger charge is 2.46. The molecule has 1 unspecified atom stereocenters. The first-order chi connectivity index (χ1) is 10.3. The highest BCUT2D eigenvalue weighted by Crippen LogP contribution is 2.36. The maximum Gasteiger partial charge on any atom is 0.416 e. The van der Waals surface area contributed by atoms with Gasteiger partial charge in [-0.25, -0.2) is 0 Å². The Kier molecular flexibility index (Phi) is 4.77. The van der Waals surface area contributed by atoms with Gasteiger partial charge in [0.05, 0.1) is 12.2 Å². The Morgan fingerprint density at radius 1 is 1.41 bits per heavy atom. The minimum atomic E-state index is -4.42. The Bertz CT molecular complexity index is 548. The lowest BCUT2D eigenvalue weighted by atomic mass is 9.95. The van der Waals surface area contributed by atoms with Crippen LogP contribution in [0.2, 0.25) is 0 Å². The molecule has 1 fully saturated rings. The maximum absolute atomic E-state index is 13.1. The predicted molar refractivity (Wildman–Crippen MR) is 74.9 cm³/mol. The number of carbonyl (C=O) groups is 1. The van der Waals surface area contributed by atoms with E-state index in [0.29, 0.717) is 19.4 Å². The number of methoxy groups -OCH3 is 1. The molecule has 2 rings (SSSR count). The normalized spacial score (nSPS) is 22.9. The van der Waals surface area contributed by atoms with Gasteiger partial charge in [0, 0.05) is 13.7 Å². The van der Waals surface area contributed by atoms with Crippen molar-refractivity contribution in [3.8, 4) is 0 Å². The minimum Gasteiger partial charge on any atom is -0.382 e. The molecule has 1 aliphatic heterocycles. The number of ether oxygens (including phenoxy) is 1. The molecule has 1 aromatic rings. The van der Waals surface area contributed by atoms with E-state index in [0.717, 1.165) is 6.07 Å². The fourth-order valence-electron chi connectivity index (χ4n) is 3.06. The van der Waals surface area contributed by atoms with Crippen molar-refractivity contribution in [1.29, 1.82) is 0 Å². The van der Waals surface area contributed by atoms with Gasteiger partial charge in [-0.05, 0) is 31.0 Å². The van der Waals surface area contributed by atoms with E-state index in [4.69, 9.17) is 10.5 Å². The Morgan fingerprint density at radius 3 is 2.68 bits per heavy atom. The van der Waals surface area contributed by atoms with Gasteiger partial charge in [-0.15, -0.1) is 0 Å². The first-order valence-corrected chi connectivity index (χ1v) is 7.00. The first kappa shape index (κ1) is 16.8. The van der Waals surface area contributed by atoms with Crippen LogP contribution in [0.3, 0.4) is 0 Å². The maximum atomic E-state index is 13.1. The second-order valence-electron chi connectivity index (χ2n) is 5.51. The van der Waals surface area contributed by atoms with Crippen molar-refractivity contribution in [3.63, 3.8) is 0 Å². The predicted octanol–water partition coefficient (Wildman–Crippen LogP) is 2.17. The number of alkyl halides is 3. The summed E-state index contributed by atoms with van der Waals surface area (Å²) in [4.78, 5) is 13.6. The van der Waals surface area contributed by atoms with Crippen molar-refractivity contribution in [2.24, 2.45) is 5.73 Å². The molecule has 22 heavy (non-hydrogen) atoms. The van der Waals surface area contributed by atoms with E-state index in [2.05, 4.69) is 0 Å². The third kappa shape index (κ3) is 3.10. The molecule has 1 saturated heterocycles. The summed E-state index contributed by atoms with van der Waals surface area (Å²) in [5.41, 5.74) is 3.92. The lowest BCUT2D eigenvalue weighted by Gasteiger charge is -2.35. The van der Waals surface area contributed by atoms with E-state index >= 15 is 0 Å². The fourth-order valence-corrected chi connectivity index (χ4v) is 3.06. The molecule has 7 heteroatoms. The molecule has 0 spiro atoms. The summed E-state index contributed by atoms with van der Waals surface area (Å²) < 4.78 is 44.4. The van der Waals surface area contributed by atoms with Gasteiger partial charge >= 0.3 is 6.18 Å². The molecule has 1 amide bonds. The van der Waals surface area contributed by atoms with Crippen LogP contribution in [0, 0.1) is 0 Å². The van der Waals surface area contributed by atoms with Crippen LogP contribution >= 0.6 is 0 Å². The van der Waals surface area contributed by atoms with E-state index in [1.54, 1.807) is 11.0 Å². The summed E-state index contributed by atoms with van der Waals surface area (Å²) in [7, 11) is 1.45. The van der Waals surface area contributed by atoms with E-state index in [9.17, 15) is 18.0 Å². The van der Waals surface area contributed by atoms with Crippen LogP contribution in [0.4, 0.5) is 13.2 Å². The number of rotatable bonds is 5. The number of amides is 1. The molecule has 1 heterocycles. The van der Waals surface area contributed by atoms with Crippen LogP contribution in [0.15, 0.2) is 24.3 Å². The Labute approximate surface area is 127 Å². The van der Waals surface area contributed by atoms with Crippen molar-refractivity contribution in [2.45, 2.75) is 31.1 Å². The number of carbonyl (C=O) groups excluding carboxylic acids is 1. The molecular formula is C15H19F3N2O2. The smallest absolute Gasteiger partial charge is 0.382 e. The van der Waals surface area contributed by atoms with E-state index in [-0.39, 0.29) is 18.7 Å². The number of primary amides is 1. The number of halogens is 3. The van der Waals surface area contributed by atoms with E-state index < -0.39 is 23.2 Å². The summed E-state index contributed by atoms with van der Waals surface area (Å²) in [6.07, 6.45) is -3.24. The molecule has 1 atom stereocenters. The average molecular weight is 316 g/mol. The number of likely N-dealkylation sites (tertiary alicyclic amines) is 1. The molecule has 2 N–H and O–H groups in total. The zero-order valence-electron chi connectivity index (χ0n) is 12.3. The van der Waals surface area contributed by atoms with Crippen LogP contribution in [0.25, 0.3) is 0 Å². The van der Waals surface area contributed by atoms with Crippen LogP contribution in [-0.4, -0.2) is 36.6 Å². The molecule has 1 aromatic carbocycles. The van der Waals surface area contributed by atoms with Gasteiger partial charge in [-0.2, -0.15) is 13.2 Å². The molecule has 0 bridgehead atoms. The third-order valence-corrected chi connectivity index (χ3v) is 4.15. The molecule has 122 valence electrons. The molecule has 4 nitrogen and oxygen atoms in total. The van der Waals surface area contributed by atoms with E-state index in [1.165, 1.54) is 19.2 Å². The van der Waals surface area contributed by atoms with Crippen LogP contribution in [0.5, 0.6) is 0 Å². The zero-order chi connectivity index (χ0) is 16.4. The fraction of sp³-hybridized carbons (Fsp3) is 0.533. The summed E-state index contributed by atoms with van der Waals surface area (Å²) in [5, 5.41) is 0. The molecule has 0 aliphatic carbocycles. The Hall–Kier alpha value is -1.60. The quantitative estimate of drug-likeness (QED) is 0.906. The molecule has 0 aromatic heterocycles. The lowest BCUT2D eigenvalue weighted by Crippen LogP contribution is -2.56. The lowest BCUT2D eigenvalue weighted by molar-refractivity contribution is -0.138. The van der Waals surface area contributed by atoms with Crippen molar-refractivity contribution in [3.05, 3.63) is 35.4 Å². The summed E-state index contributed by atoms with van der Waals surface area (Å²) in [6.45, 7) is 0.608. The van der Waals surface area contributed by atoms with E-state index in [1.807, 2.05) is 0 Å². The number of benzene rings is 1. The highest BCUT2D eigenvalue weighted by molar-refractivity contribution is 5.85. The Balaban J connectivity index is 2.32. The monoisotopic (exact) mass is 316 g/mol. The van der Waals surface area contributed by atoms with Gasteiger partial charge < -0.3 is 10.5 Å². The van der Waals surface area contributed by atoms with Gasteiger partial charge in [0.15, 0.2) is 0 Å². The number of hydrogen-bond donors (Lipinski definition) is 1. The van der Waals surface area contributed by atoms with Gasteiger partial charge in [-0.1, -0.05) is 18.2 Å². The van der Waals surface area contributed by atoms with Gasteiger partial charge in [0.25, 0.3) is 0 Å². The Morgan fingerprint density at radius 2 is 2.09 bits per heavy atom. The molecule has 1 aliphatic rings. The summed E-state index contributed by atoms with van der Waals surface area (Å²) in [6, 6.07) is 5.39. The summed E-state index contributed by atoms with van der Waals surface area (Å²) >= 11 is 0. The number of hydrogen-bond acceptors (Lipinski definition) is 3. The second-order valence-corrected chi connectivity index (χ2v) is 5.51.